The Kier molecular flexibility index (Phi) is 5.53. The van der Waals surface area contributed by atoms with Crippen LogP contribution in [0.4, 0.5) is 0 Å². The molecule has 0 bridgehead atoms. The van der Waals surface area contributed by atoms with Gasteiger partial charge < -0.3 is 9.13 Å². The largest absolute Gasteiger partial charge is 0.309 e. The van der Waals surface area contributed by atoms with Gasteiger partial charge in [-0.15, -0.1) is 0 Å². The van der Waals surface area contributed by atoms with Crippen molar-refractivity contribution in [3.8, 4) is 44.8 Å². The second-order valence-electron chi connectivity index (χ2n) is 14.1. The molecule has 0 N–H and O–H groups in total. The maximum atomic E-state index is 2.48. The van der Waals surface area contributed by atoms with Crippen LogP contribution >= 0.6 is 0 Å². The average Bonchev–Trinajstić information content (AvgIpc) is 3.85. The van der Waals surface area contributed by atoms with Crippen molar-refractivity contribution in [1.29, 1.82) is 0 Å². The number of para-hydroxylation sites is 2. The Morgan fingerprint density at radius 1 is 0.288 bits per heavy atom. The normalized spacial score (nSPS) is 12.2. The van der Waals surface area contributed by atoms with Crippen molar-refractivity contribution >= 4 is 65.2 Å². The molecule has 0 saturated carbocycles. The van der Waals surface area contributed by atoms with Crippen molar-refractivity contribution in [2.45, 2.75) is 0 Å². The Hall–Kier alpha value is -6.90. The van der Waals surface area contributed by atoms with E-state index in [9.17, 15) is 0 Å². The highest BCUT2D eigenvalue weighted by Crippen LogP contribution is 2.49. The molecule has 52 heavy (non-hydrogen) atoms. The van der Waals surface area contributed by atoms with E-state index in [0.29, 0.717) is 0 Å². The highest BCUT2D eigenvalue weighted by molar-refractivity contribution is 6.22. The molecule has 2 heterocycles. The van der Waals surface area contributed by atoms with E-state index < -0.39 is 0 Å². The van der Waals surface area contributed by atoms with Crippen LogP contribution in [0.15, 0.2) is 182 Å². The van der Waals surface area contributed by atoms with Crippen molar-refractivity contribution < 1.29 is 0 Å². The monoisotopic (exact) mass is 658 g/mol. The summed E-state index contributed by atoms with van der Waals surface area (Å²) >= 11 is 0. The van der Waals surface area contributed by atoms with Crippen molar-refractivity contribution in [2.24, 2.45) is 0 Å². The second kappa shape index (κ2) is 10.3. The quantitative estimate of drug-likeness (QED) is 0.179. The van der Waals surface area contributed by atoms with Gasteiger partial charge in [0.2, 0.25) is 0 Å². The van der Waals surface area contributed by atoms with Gasteiger partial charge in [-0.3, -0.25) is 0 Å². The minimum Gasteiger partial charge on any atom is -0.309 e. The van der Waals surface area contributed by atoms with Crippen molar-refractivity contribution in [1.82, 2.24) is 9.13 Å². The standard InChI is InChI=1S/C50H30N2/c1-2-12-34(13-3-1)51-47-26-23-33(30-43(47)50-35-14-5-4-11-31(35)21-27-48(50)51)32-22-25-46-42(29-32)38-17-8-9-20-44(38)52(46)45-28-24-40-37-16-7-6-15-36(37)39-18-10-19-41(45)49(39)40/h1-30H. The first-order chi connectivity index (χ1) is 25.8. The van der Waals surface area contributed by atoms with Crippen LogP contribution in [0.5, 0.6) is 0 Å². The Labute approximate surface area is 300 Å². The SMILES string of the molecule is c1ccc(-n2c3ccc(-c4ccc5c(c4)c4ccccc4n5-c4ccc5c6c(cccc46)-c4ccccc4-5)cc3c3c4ccccc4ccc32)cc1. The molecule has 0 aliphatic heterocycles. The van der Waals surface area contributed by atoms with Crippen molar-refractivity contribution in [3.05, 3.63) is 182 Å². The molecular formula is C50H30N2. The molecule has 11 aromatic rings. The van der Waals surface area contributed by atoms with Crippen LogP contribution in [0.2, 0.25) is 0 Å². The number of rotatable bonds is 3. The van der Waals surface area contributed by atoms with Gasteiger partial charge in [0.1, 0.15) is 0 Å². The molecule has 0 unspecified atom stereocenters. The highest BCUT2D eigenvalue weighted by atomic mass is 15.0. The summed E-state index contributed by atoms with van der Waals surface area (Å²) in [5.74, 6) is 0. The lowest BCUT2D eigenvalue weighted by Gasteiger charge is -2.13. The summed E-state index contributed by atoms with van der Waals surface area (Å²) in [6, 6.07) is 67.2. The molecule has 0 saturated heterocycles. The zero-order valence-corrected chi connectivity index (χ0v) is 28.2. The summed E-state index contributed by atoms with van der Waals surface area (Å²) in [6.07, 6.45) is 0. The third-order valence-electron chi connectivity index (χ3n) is 11.4. The maximum absolute atomic E-state index is 2.48. The lowest BCUT2D eigenvalue weighted by Crippen LogP contribution is -1.95. The fourth-order valence-electron chi connectivity index (χ4n) is 9.23. The number of hydrogen-bond donors (Lipinski definition) is 0. The molecule has 0 spiro atoms. The Balaban J connectivity index is 1.09. The minimum atomic E-state index is 1.17. The predicted octanol–water partition coefficient (Wildman–Crippen LogP) is 13.5. The van der Waals surface area contributed by atoms with E-state index in [-0.39, 0.29) is 0 Å². The fraction of sp³-hybridized carbons (Fsp3) is 0. The molecule has 0 fully saturated rings. The summed E-state index contributed by atoms with van der Waals surface area (Å²) < 4.78 is 4.89. The van der Waals surface area contributed by atoms with Gasteiger partial charge in [-0.05, 0) is 104 Å². The number of nitrogens with zero attached hydrogens (tertiary/aromatic N) is 2. The topological polar surface area (TPSA) is 9.86 Å². The average molecular weight is 659 g/mol. The maximum Gasteiger partial charge on any atom is 0.0547 e. The van der Waals surface area contributed by atoms with Gasteiger partial charge >= 0.3 is 0 Å². The van der Waals surface area contributed by atoms with Gasteiger partial charge in [-0.2, -0.15) is 0 Å². The van der Waals surface area contributed by atoms with Gasteiger partial charge in [0.25, 0.3) is 0 Å². The van der Waals surface area contributed by atoms with Gasteiger partial charge in [0, 0.05) is 32.6 Å². The molecule has 1 aliphatic rings. The summed E-state index contributed by atoms with van der Waals surface area (Å²) in [5, 5.41) is 10.3. The molecule has 9 aromatic carbocycles. The first kappa shape index (κ1) is 27.9. The summed E-state index contributed by atoms with van der Waals surface area (Å²) in [7, 11) is 0. The molecular weight excluding hydrogens is 629 g/mol. The molecule has 2 heteroatoms. The first-order valence-electron chi connectivity index (χ1n) is 18.0. The molecule has 240 valence electrons. The van der Waals surface area contributed by atoms with Crippen LogP contribution < -0.4 is 0 Å². The third-order valence-corrected chi connectivity index (χ3v) is 11.4. The molecule has 0 radical (unpaired) electrons. The Bertz CT molecular complexity index is 3260. The van der Waals surface area contributed by atoms with E-state index in [0.717, 1.165) is 0 Å². The van der Waals surface area contributed by atoms with E-state index >= 15 is 0 Å². The van der Waals surface area contributed by atoms with E-state index in [1.807, 2.05) is 0 Å². The van der Waals surface area contributed by atoms with E-state index in [2.05, 4.69) is 191 Å². The smallest absolute Gasteiger partial charge is 0.0547 e. The first-order valence-corrected chi connectivity index (χ1v) is 18.0. The van der Waals surface area contributed by atoms with E-state index in [1.54, 1.807) is 0 Å². The van der Waals surface area contributed by atoms with Crippen LogP contribution in [-0.4, -0.2) is 9.13 Å². The molecule has 0 atom stereocenters. The summed E-state index contributed by atoms with van der Waals surface area (Å²) in [6.45, 7) is 0. The minimum absolute atomic E-state index is 1.17. The zero-order valence-electron chi connectivity index (χ0n) is 28.2. The predicted molar refractivity (Wildman–Crippen MR) is 220 cm³/mol. The summed E-state index contributed by atoms with van der Waals surface area (Å²) in [4.78, 5) is 0. The Morgan fingerprint density at radius 2 is 0.885 bits per heavy atom. The fourth-order valence-corrected chi connectivity index (χ4v) is 9.23. The van der Waals surface area contributed by atoms with Crippen LogP contribution in [0, 0.1) is 0 Å². The molecule has 0 amide bonds. The van der Waals surface area contributed by atoms with Crippen LogP contribution in [0.3, 0.4) is 0 Å². The third kappa shape index (κ3) is 3.68. The number of hydrogen-bond acceptors (Lipinski definition) is 0. The molecule has 1 aliphatic carbocycles. The highest BCUT2D eigenvalue weighted by Gasteiger charge is 2.24. The lowest BCUT2D eigenvalue weighted by molar-refractivity contribution is 1.18. The van der Waals surface area contributed by atoms with E-state index in [4.69, 9.17) is 0 Å². The molecule has 12 rings (SSSR count). The second-order valence-corrected chi connectivity index (χ2v) is 14.1. The van der Waals surface area contributed by atoms with Gasteiger partial charge in [0.15, 0.2) is 0 Å². The van der Waals surface area contributed by atoms with E-state index in [1.165, 1.54) is 110 Å². The zero-order chi connectivity index (χ0) is 33.9. The number of aromatic nitrogens is 2. The Morgan fingerprint density at radius 3 is 1.71 bits per heavy atom. The van der Waals surface area contributed by atoms with Gasteiger partial charge in [0.05, 0.1) is 27.8 Å². The van der Waals surface area contributed by atoms with Crippen LogP contribution in [0.1, 0.15) is 0 Å². The molecule has 2 aromatic heterocycles. The van der Waals surface area contributed by atoms with Crippen molar-refractivity contribution in [3.63, 3.8) is 0 Å². The molecule has 2 nitrogen and oxygen atoms in total. The van der Waals surface area contributed by atoms with Crippen LogP contribution in [-0.2, 0) is 0 Å². The van der Waals surface area contributed by atoms with Gasteiger partial charge in [-0.25, -0.2) is 0 Å². The summed E-state index contributed by atoms with van der Waals surface area (Å²) in [5.41, 5.74) is 15.0. The van der Waals surface area contributed by atoms with Gasteiger partial charge in [-0.1, -0.05) is 127 Å². The lowest BCUT2D eigenvalue weighted by atomic mass is 9.99. The number of benzene rings is 9. The van der Waals surface area contributed by atoms with Crippen molar-refractivity contribution in [2.75, 3.05) is 0 Å². The van der Waals surface area contributed by atoms with Crippen LogP contribution in [0.25, 0.3) is 110 Å². The number of fused-ring (bicyclic) bond motifs is 11.